The number of nitrogens with one attached hydrogen (secondary N) is 1. The molecule has 0 aliphatic rings. The lowest BCUT2D eigenvalue weighted by Gasteiger charge is -2.04. The molecule has 0 aliphatic heterocycles. The molecule has 0 atom stereocenters. The molecule has 0 saturated heterocycles. The fraction of sp³-hybridized carbons (Fsp3) is 0.300. The van der Waals surface area contributed by atoms with Crippen LogP contribution in [0.1, 0.15) is 5.82 Å². The Bertz CT molecular complexity index is 513. The zero-order valence-corrected chi connectivity index (χ0v) is 10.8. The van der Waals surface area contributed by atoms with E-state index in [1.807, 2.05) is 0 Å². The van der Waals surface area contributed by atoms with Crippen LogP contribution in [0.2, 0.25) is 0 Å². The number of halogens is 2. The Morgan fingerprint density at radius 1 is 1.47 bits per heavy atom. The minimum atomic E-state index is -0.381. The monoisotopic (exact) mass is 299 g/mol. The zero-order chi connectivity index (χ0) is 12.3. The first-order chi connectivity index (χ1) is 8.15. The molecule has 0 spiro atoms. The van der Waals surface area contributed by atoms with Gasteiger partial charge in [0, 0.05) is 30.7 Å². The molecule has 17 heavy (non-hydrogen) atoms. The average Bonchev–Trinajstić information content (AvgIpc) is 2.68. The van der Waals surface area contributed by atoms with Crippen molar-refractivity contribution in [3.63, 3.8) is 0 Å². The standard InChI is InChI=1S/C10H11BrFN5/c1-17-6-15-9(16-17)2-3-13-10-8(12)4-7(11)5-14-10/h4-6H,2-3H2,1H3,(H,13,14). The fourth-order valence-electron chi connectivity index (χ4n) is 1.34. The van der Waals surface area contributed by atoms with Crippen molar-refractivity contribution in [3.8, 4) is 0 Å². The molecule has 0 amide bonds. The third-order valence-corrected chi connectivity index (χ3v) is 2.53. The molecule has 5 nitrogen and oxygen atoms in total. The van der Waals surface area contributed by atoms with Gasteiger partial charge in [-0.25, -0.2) is 14.4 Å². The number of rotatable bonds is 4. The summed E-state index contributed by atoms with van der Waals surface area (Å²) in [6.45, 7) is 0.537. The maximum absolute atomic E-state index is 13.4. The molecule has 2 rings (SSSR count). The summed E-state index contributed by atoms with van der Waals surface area (Å²) in [5.41, 5.74) is 0. The van der Waals surface area contributed by atoms with Gasteiger partial charge in [0.1, 0.15) is 6.33 Å². The van der Waals surface area contributed by atoms with Crippen LogP contribution in [0.3, 0.4) is 0 Å². The van der Waals surface area contributed by atoms with E-state index < -0.39 is 0 Å². The molecule has 2 aromatic heterocycles. The Morgan fingerprint density at radius 2 is 2.29 bits per heavy atom. The van der Waals surface area contributed by atoms with E-state index in [1.54, 1.807) is 24.3 Å². The van der Waals surface area contributed by atoms with Gasteiger partial charge in [0.25, 0.3) is 0 Å². The first-order valence-corrected chi connectivity index (χ1v) is 5.84. The van der Waals surface area contributed by atoms with Crippen molar-refractivity contribution in [3.05, 3.63) is 34.7 Å². The van der Waals surface area contributed by atoms with Crippen molar-refractivity contribution < 1.29 is 4.39 Å². The molecule has 7 heteroatoms. The van der Waals surface area contributed by atoms with Crippen molar-refractivity contribution in [2.75, 3.05) is 11.9 Å². The maximum atomic E-state index is 13.4. The molecule has 0 radical (unpaired) electrons. The van der Waals surface area contributed by atoms with E-state index in [1.165, 1.54) is 6.07 Å². The first kappa shape index (κ1) is 12.0. The van der Waals surface area contributed by atoms with Crippen LogP contribution >= 0.6 is 15.9 Å². The summed E-state index contributed by atoms with van der Waals surface area (Å²) in [7, 11) is 1.81. The zero-order valence-electron chi connectivity index (χ0n) is 9.19. The van der Waals surface area contributed by atoms with Crippen LogP contribution in [-0.2, 0) is 13.5 Å². The van der Waals surface area contributed by atoms with E-state index in [2.05, 4.69) is 36.3 Å². The van der Waals surface area contributed by atoms with E-state index in [0.717, 1.165) is 5.82 Å². The molecule has 0 unspecified atom stereocenters. The molecule has 0 fully saturated rings. The normalized spacial score (nSPS) is 10.5. The summed E-state index contributed by atoms with van der Waals surface area (Å²) in [6.07, 6.45) is 3.80. The van der Waals surface area contributed by atoms with Crippen molar-refractivity contribution in [1.82, 2.24) is 19.7 Å². The van der Waals surface area contributed by atoms with E-state index in [-0.39, 0.29) is 11.6 Å². The van der Waals surface area contributed by atoms with Crippen LogP contribution in [-0.4, -0.2) is 26.3 Å². The summed E-state index contributed by atoms with van der Waals surface area (Å²) in [5.74, 6) is 0.579. The summed E-state index contributed by atoms with van der Waals surface area (Å²) < 4.78 is 15.6. The van der Waals surface area contributed by atoms with Crippen LogP contribution < -0.4 is 5.32 Å². The van der Waals surface area contributed by atoms with Crippen LogP contribution in [0.25, 0.3) is 0 Å². The van der Waals surface area contributed by atoms with Crippen molar-refractivity contribution in [2.45, 2.75) is 6.42 Å². The lowest BCUT2D eigenvalue weighted by molar-refractivity contribution is 0.623. The Morgan fingerprint density at radius 3 is 2.94 bits per heavy atom. The van der Waals surface area contributed by atoms with E-state index in [4.69, 9.17) is 0 Å². The molecule has 0 bridgehead atoms. The van der Waals surface area contributed by atoms with E-state index >= 15 is 0 Å². The van der Waals surface area contributed by atoms with Gasteiger partial charge in [0.05, 0.1) is 0 Å². The van der Waals surface area contributed by atoms with Crippen LogP contribution in [0.4, 0.5) is 10.2 Å². The highest BCUT2D eigenvalue weighted by atomic mass is 79.9. The molecule has 0 saturated carbocycles. The Labute approximate surface area is 106 Å². The van der Waals surface area contributed by atoms with Crippen LogP contribution in [0, 0.1) is 5.82 Å². The van der Waals surface area contributed by atoms with Gasteiger partial charge in [-0.2, -0.15) is 5.10 Å². The lowest BCUT2D eigenvalue weighted by atomic mass is 10.4. The van der Waals surface area contributed by atoms with Gasteiger partial charge >= 0.3 is 0 Å². The van der Waals surface area contributed by atoms with Gasteiger partial charge in [0.15, 0.2) is 17.5 Å². The minimum Gasteiger partial charge on any atom is -0.367 e. The number of hydrogen-bond donors (Lipinski definition) is 1. The number of anilines is 1. The number of pyridine rings is 1. The number of nitrogens with zero attached hydrogens (tertiary/aromatic N) is 4. The third-order valence-electron chi connectivity index (χ3n) is 2.10. The Hall–Kier alpha value is -1.50. The first-order valence-electron chi connectivity index (χ1n) is 5.04. The van der Waals surface area contributed by atoms with E-state index in [0.29, 0.717) is 17.4 Å². The largest absolute Gasteiger partial charge is 0.367 e. The third kappa shape index (κ3) is 3.23. The van der Waals surface area contributed by atoms with Gasteiger partial charge in [-0.3, -0.25) is 4.68 Å². The second-order valence-corrected chi connectivity index (χ2v) is 4.41. The predicted molar refractivity (Wildman–Crippen MR) is 65.1 cm³/mol. The molecule has 90 valence electrons. The second kappa shape index (κ2) is 5.22. The second-order valence-electron chi connectivity index (χ2n) is 3.50. The highest BCUT2D eigenvalue weighted by molar-refractivity contribution is 9.10. The maximum Gasteiger partial charge on any atom is 0.166 e. The molecular weight excluding hydrogens is 289 g/mol. The highest BCUT2D eigenvalue weighted by Crippen LogP contribution is 2.15. The minimum absolute atomic E-state index is 0.240. The van der Waals surface area contributed by atoms with Crippen molar-refractivity contribution >= 4 is 21.7 Å². The van der Waals surface area contributed by atoms with Crippen molar-refractivity contribution in [2.24, 2.45) is 7.05 Å². The highest BCUT2D eigenvalue weighted by Gasteiger charge is 2.04. The number of hydrogen-bond acceptors (Lipinski definition) is 4. The molecule has 0 aliphatic carbocycles. The number of aromatic nitrogens is 4. The summed E-state index contributed by atoms with van der Waals surface area (Å²) in [6, 6.07) is 1.37. The van der Waals surface area contributed by atoms with Gasteiger partial charge in [-0.05, 0) is 22.0 Å². The molecule has 2 heterocycles. The average molecular weight is 300 g/mol. The fourth-order valence-corrected chi connectivity index (χ4v) is 1.64. The van der Waals surface area contributed by atoms with Gasteiger partial charge in [0.2, 0.25) is 0 Å². The van der Waals surface area contributed by atoms with Crippen LogP contribution in [0.15, 0.2) is 23.1 Å². The summed E-state index contributed by atoms with van der Waals surface area (Å²) in [5, 5.41) is 7.02. The molecule has 2 aromatic rings. The lowest BCUT2D eigenvalue weighted by Crippen LogP contribution is -2.09. The summed E-state index contributed by atoms with van der Waals surface area (Å²) in [4.78, 5) is 8.01. The van der Waals surface area contributed by atoms with Gasteiger partial charge < -0.3 is 5.32 Å². The molecule has 0 aromatic carbocycles. The Kier molecular flexibility index (Phi) is 3.68. The van der Waals surface area contributed by atoms with Crippen LogP contribution in [0.5, 0.6) is 0 Å². The quantitative estimate of drug-likeness (QED) is 0.935. The van der Waals surface area contributed by atoms with Gasteiger partial charge in [-0.1, -0.05) is 0 Å². The predicted octanol–water partition coefficient (Wildman–Crippen LogP) is 1.77. The Balaban J connectivity index is 1.90. The molecular formula is C10H11BrFN5. The SMILES string of the molecule is Cn1cnc(CCNc2ncc(Br)cc2F)n1. The van der Waals surface area contributed by atoms with Crippen molar-refractivity contribution in [1.29, 1.82) is 0 Å². The van der Waals surface area contributed by atoms with Gasteiger partial charge in [-0.15, -0.1) is 0 Å². The summed E-state index contributed by atoms with van der Waals surface area (Å²) >= 11 is 3.15. The number of aryl methyl sites for hydroxylation is 1. The molecule has 1 N–H and O–H groups in total. The topological polar surface area (TPSA) is 55.6 Å². The smallest absolute Gasteiger partial charge is 0.166 e. The van der Waals surface area contributed by atoms with E-state index in [9.17, 15) is 4.39 Å².